The number of rotatable bonds is 8. The number of carbonyl (C=O) groups excluding carboxylic acids is 1. The van der Waals surface area contributed by atoms with Gasteiger partial charge in [0.25, 0.3) is 0 Å². The molecule has 1 atom stereocenters. The molecule has 0 fully saturated rings. The molecule has 30 heavy (non-hydrogen) atoms. The number of hydrogen-bond donors (Lipinski definition) is 2. The van der Waals surface area contributed by atoms with E-state index in [0.717, 1.165) is 10.0 Å². The zero-order valence-electron chi connectivity index (χ0n) is 16.6. The van der Waals surface area contributed by atoms with Gasteiger partial charge in [0, 0.05) is 23.3 Å². The van der Waals surface area contributed by atoms with Crippen molar-refractivity contribution in [2.24, 2.45) is 0 Å². The number of hydrogen-bond acceptors (Lipinski definition) is 6. The molecule has 0 saturated heterocycles. The Morgan fingerprint density at radius 3 is 2.43 bits per heavy atom. The minimum atomic E-state index is -3.66. The molecule has 0 aliphatic carbocycles. The van der Waals surface area contributed by atoms with Crippen LogP contribution in [-0.2, 0) is 26.0 Å². The van der Waals surface area contributed by atoms with Gasteiger partial charge in [-0.05, 0) is 48.9 Å². The first-order chi connectivity index (χ1) is 14.3. The molecule has 0 aromatic heterocycles. The molecule has 2 aromatic rings. The van der Waals surface area contributed by atoms with Crippen molar-refractivity contribution in [3.63, 3.8) is 0 Å². The maximum absolute atomic E-state index is 12.5. The van der Waals surface area contributed by atoms with Gasteiger partial charge in [0.1, 0.15) is 13.2 Å². The van der Waals surface area contributed by atoms with Crippen molar-refractivity contribution in [2.45, 2.75) is 24.3 Å². The van der Waals surface area contributed by atoms with E-state index in [1.54, 1.807) is 31.2 Å². The van der Waals surface area contributed by atoms with Crippen molar-refractivity contribution in [3.05, 3.63) is 46.4 Å². The summed E-state index contributed by atoms with van der Waals surface area (Å²) in [5.41, 5.74) is 1.25. The van der Waals surface area contributed by atoms with Gasteiger partial charge in [0.15, 0.2) is 11.5 Å². The molecule has 0 spiro atoms. The van der Waals surface area contributed by atoms with Crippen LogP contribution in [0.25, 0.3) is 0 Å². The van der Waals surface area contributed by atoms with Crippen LogP contribution in [0.1, 0.15) is 12.5 Å². The van der Waals surface area contributed by atoms with Gasteiger partial charge in [-0.15, -0.1) is 0 Å². The fourth-order valence-corrected chi connectivity index (χ4v) is 4.64. The van der Waals surface area contributed by atoms with Crippen LogP contribution < -0.4 is 19.5 Å². The molecule has 1 unspecified atom stereocenters. The van der Waals surface area contributed by atoms with Crippen LogP contribution in [0.15, 0.2) is 45.8 Å². The summed E-state index contributed by atoms with van der Waals surface area (Å²) < 4.78 is 44.0. The molecule has 8 nitrogen and oxygen atoms in total. The third kappa shape index (κ3) is 5.72. The van der Waals surface area contributed by atoms with Gasteiger partial charge in [0.2, 0.25) is 15.9 Å². The fraction of sp³-hybridized carbons (Fsp3) is 0.350. The number of ether oxygens (including phenoxy) is 3. The second-order valence-corrected chi connectivity index (χ2v) is 9.38. The van der Waals surface area contributed by atoms with Crippen LogP contribution in [0.2, 0.25) is 0 Å². The average molecular weight is 499 g/mol. The molecule has 1 amide bonds. The highest BCUT2D eigenvalue weighted by Crippen LogP contribution is 2.35. The number of anilines is 1. The Bertz CT molecular complexity index is 1010. The number of nitrogens with one attached hydrogen (secondary N) is 2. The van der Waals surface area contributed by atoms with E-state index in [0.29, 0.717) is 30.4 Å². The topological polar surface area (TPSA) is 103 Å². The Hall–Kier alpha value is -2.14. The van der Waals surface area contributed by atoms with E-state index in [1.807, 2.05) is 0 Å². The molecule has 2 aromatic carbocycles. The molecule has 2 N–H and O–H groups in total. The molecule has 1 aliphatic heterocycles. The van der Waals surface area contributed by atoms with E-state index in [4.69, 9.17) is 14.2 Å². The first-order valence-corrected chi connectivity index (χ1v) is 11.6. The summed E-state index contributed by atoms with van der Waals surface area (Å²) in [7, 11) is -2.16. The molecule has 162 valence electrons. The Morgan fingerprint density at radius 2 is 1.80 bits per heavy atom. The van der Waals surface area contributed by atoms with Crippen LogP contribution in [0.3, 0.4) is 0 Å². The van der Waals surface area contributed by atoms with Crippen molar-refractivity contribution in [1.82, 2.24) is 4.72 Å². The highest BCUT2D eigenvalue weighted by atomic mass is 79.9. The number of carbonyl (C=O) groups is 1. The highest BCUT2D eigenvalue weighted by molar-refractivity contribution is 9.10. The third-order valence-corrected chi connectivity index (χ3v) is 6.63. The lowest BCUT2D eigenvalue weighted by atomic mass is 10.1. The lowest BCUT2D eigenvalue weighted by molar-refractivity contribution is -0.115. The molecule has 1 heterocycles. The normalized spacial score (nSPS) is 14.2. The summed E-state index contributed by atoms with van der Waals surface area (Å²) in [6, 6.07) is 9.19. The van der Waals surface area contributed by atoms with Gasteiger partial charge in [-0.3, -0.25) is 4.79 Å². The predicted molar refractivity (Wildman–Crippen MR) is 116 cm³/mol. The first-order valence-electron chi connectivity index (χ1n) is 9.27. The van der Waals surface area contributed by atoms with Gasteiger partial charge in [-0.1, -0.05) is 15.9 Å². The zero-order chi connectivity index (χ0) is 21.7. The van der Waals surface area contributed by atoms with Crippen molar-refractivity contribution in [2.75, 3.05) is 32.2 Å². The summed E-state index contributed by atoms with van der Waals surface area (Å²) in [5.74, 6) is 1.01. The second-order valence-electron chi connectivity index (χ2n) is 6.81. The van der Waals surface area contributed by atoms with E-state index in [9.17, 15) is 13.2 Å². The van der Waals surface area contributed by atoms with Crippen LogP contribution in [0.5, 0.6) is 11.5 Å². The second kappa shape index (κ2) is 9.78. The van der Waals surface area contributed by atoms with E-state index < -0.39 is 10.0 Å². The molecular weight excluding hydrogens is 476 g/mol. The number of sulfonamides is 1. The molecule has 0 saturated carbocycles. The molecule has 0 bridgehead atoms. The lowest BCUT2D eigenvalue weighted by Crippen LogP contribution is -2.35. The summed E-state index contributed by atoms with van der Waals surface area (Å²) in [4.78, 5) is 12.6. The lowest BCUT2D eigenvalue weighted by Gasteiger charge is -2.19. The predicted octanol–water partition coefficient (Wildman–Crippen LogP) is 2.71. The third-order valence-electron chi connectivity index (χ3n) is 4.28. The van der Waals surface area contributed by atoms with E-state index in [-0.39, 0.29) is 29.9 Å². The smallest absolute Gasteiger partial charge is 0.240 e. The summed E-state index contributed by atoms with van der Waals surface area (Å²) in [6.07, 6.45) is 0.118. The Labute approximate surface area is 184 Å². The average Bonchev–Trinajstić information content (AvgIpc) is 2.68. The molecular formula is C20H23BrN2O6S. The van der Waals surface area contributed by atoms with Gasteiger partial charge in [0.05, 0.1) is 17.9 Å². The number of halogens is 1. The summed E-state index contributed by atoms with van der Waals surface area (Å²) in [5, 5.41) is 2.77. The van der Waals surface area contributed by atoms with Gasteiger partial charge < -0.3 is 19.5 Å². The van der Waals surface area contributed by atoms with Crippen LogP contribution >= 0.6 is 15.9 Å². The Morgan fingerprint density at radius 1 is 1.17 bits per heavy atom. The summed E-state index contributed by atoms with van der Waals surface area (Å²) >= 11 is 3.45. The fourth-order valence-electron chi connectivity index (χ4n) is 2.95. The molecule has 10 heteroatoms. The standard InChI is InChI=1S/C20H23BrN2O6S/c1-13(12-27-2)23-30(25,26)16-5-3-15(4-6-16)22-20(24)10-14-9-18-19(11-17(14)21)29-8-7-28-18/h3-6,9,11,13,23H,7-8,10,12H2,1-2H3,(H,22,24). The Balaban J connectivity index is 1.64. The minimum absolute atomic E-state index is 0.109. The summed E-state index contributed by atoms with van der Waals surface area (Å²) in [6.45, 7) is 2.94. The number of fused-ring (bicyclic) bond motifs is 1. The molecule has 1 aliphatic rings. The van der Waals surface area contributed by atoms with Crippen molar-refractivity contribution < 1.29 is 27.4 Å². The van der Waals surface area contributed by atoms with Crippen molar-refractivity contribution >= 4 is 37.5 Å². The van der Waals surface area contributed by atoms with Gasteiger partial charge in [-0.25, -0.2) is 13.1 Å². The van der Waals surface area contributed by atoms with Crippen LogP contribution in [0.4, 0.5) is 5.69 Å². The SMILES string of the molecule is COCC(C)NS(=O)(=O)c1ccc(NC(=O)Cc2cc3c(cc2Br)OCCO3)cc1. The maximum atomic E-state index is 12.5. The number of benzene rings is 2. The zero-order valence-corrected chi connectivity index (χ0v) is 19.0. The van der Waals surface area contributed by atoms with Crippen LogP contribution in [0, 0.1) is 0 Å². The van der Waals surface area contributed by atoms with Crippen LogP contribution in [-0.4, -0.2) is 47.3 Å². The van der Waals surface area contributed by atoms with E-state index >= 15 is 0 Å². The van der Waals surface area contributed by atoms with E-state index in [1.165, 1.54) is 19.2 Å². The van der Waals surface area contributed by atoms with E-state index in [2.05, 4.69) is 26.0 Å². The highest BCUT2D eigenvalue weighted by Gasteiger charge is 2.18. The van der Waals surface area contributed by atoms with Crippen molar-refractivity contribution in [1.29, 1.82) is 0 Å². The number of amides is 1. The van der Waals surface area contributed by atoms with Crippen molar-refractivity contribution in [3.8, 4) is 11.5 Å². The number of methoxy groups -OCH3 is 1. The van der Waals surface area contributed by atoms with Gasteiger partial charge in [-0.2, -0.15) is 0 Å². The quantitative estimate of drug-likeness (QED) is 0.579. The monoisotopic (exact) mass is 498 g/mol. The molecule has 0 radical (unpaired) electrons. The minimum Gasteiger partial charge on any atom is -0.486 e. The largest absolute Gasteiger partial charge is 0.486 e. The Kier molecular flexibility index (Phi) is 7.35. The molecule has 3 rings (SSSR count). The van der Waals surface area contributed by atoms with Gasteiger partial charge >= 0.3 is 0 Å². The maximum Gasteiger partial charge on any atom is 0.240 e. The first kappa shape index (κ1) is 22.5.